The fraction of sp³-hybridized carbons (Fsp3) is 0. The third-order valence-electron chi connectivity index (χ3n) is 4.11. The van der Waals surface area contributed by atoms with Crippen LogP contribution in [0.5, 0.6) is 0 Å². The first-order chi connectivity index (χ1) is 14.3. The van der Waals surface area contributed by atoms with Crippen LogP contribution in [0, 0.1) is 5.82 Å². The molecule has 10 heteroatoms. The first kappa shape index (κ1) is 20.3. The highest BCUT2D eigenvalue weighted by atomic mass is 35.5. The van der Waals surface area contributed by atoms with Crippen molar-refractivity contribution in [2.45, 2.75) is 4.90 Å². The number of halogens is 3. The molecule has 0 saturated heterocycles. The van der Waals surface area contributed by atoms with Crippen molar-refractivity contribution in [3.05, 3.63) is 82.6 Å². The molecule has 0 fully saturated rings. The molecule has 0 aliphatic carbocycles. The van der Waals surface area contributed by atoms with E-state index in [-0.39, 0.29) is 21.6 Å². The van der Waals surface area contributed by atoms with Gasteiger partial charge in [-0.1, -0.05) is 35.3 Å². The number of benzene rings is 3. The van der Waals surface area contributed by atoms with Gasteiger partial charge in [0.1, 0.15) is 5.82 Å². The summed E-state index contributed by atoms with van der Waals surface area (Å²) < 4.78 is 41.6. The summed E-state index contributed by atoms with van der Waals surface area (Å²) in [4.78, 5) is 8.86. The Labute approximate surface area is 181 Å². The van der Waals surface area contributed by atoms with Gasteiger partial charge in [-0.2, -0.15) is 0 Å². The van der Waals surface area contributed by atoms with Crippen LogP contribution in [0.1, 0.15) is 0 Å². The van der Waals surface area contributed by atoms with Crippen molar-refractivity contribution in [3.8, 4) is 0 Å². The van der Waals surface area contributed by atoms with Gasteiger partial charge in [-0.25, -0.2) is 22.8 Å². The van der Waals surface area contributed by atoms with Gasteiger partial charge in [0.15, 0.2) is 11.6 Å². The summed E-state index contributed by atoms with van der Waals surface area (Å²) in [6, 6.07) is 16.7. The highest BCUT2D eigenvalue weighted by Crippen LogP contribution is 2.29. The first-order valence-corrected chi connectivity index (χ1v) is 10.8. The number of anilines is 3. The second-order valence-corrected chi connectivity index (χ2v) is 8.75. The van der Waals surface area contributed by atoms with E-state index in [0.29, 0.717) is 21.7 Å². The van der Waals surface area contributed by atoms with E-state index in [0.717, 1.165) is 0 Å². The highest BCUT2D eigenvalue weighted by Gasteiger charge is 2.19. The Hall–Kier alpha value is -2.94. The SMILES string of the molecule is O=S(=O)(Nc1nc2ccccc2nc1Nc1ccc(F)c(Cl)c1)c1ccc(Cl)cc1. The fourth-order valence-corrected chi connectivity index (χ4v) is 3.98. The zero-order valence-corrected chi connectivity index (χ0v) is 17.4. The van der Waals surface area contributed by atoms with Crippen LogP contribution in [0.25, 0.3) is 11.0 Å². The van der Waals surface area contributed by atoms with Crippen LogP contribution < -0.4 is 10.0 Å². The zero-order valence-electron chi connectivity index (χ0n) is 15.1. The lowest BCUT2D eigenvalue weighted by atomic mass is 10.3. The lowest BCUT2D eigenvalue weighted by molar-refractivity contribution is 0.601. The number of sulfonamides is 1. The minimum atomic E-state index is -3.97. The second kappa shape index (κ2) is 8.06. The molecule has 0 spiro atoms. The molecule has 0 amide bonds. The van der Waals surface area contributed by atoms with Gasteiger partial charge in [-0.05, 0) is 54.6 Å². The summed E-state index contributed by atoms with van der Waals surface area (Å²) in [5.41, 5.74) is 1.45. The summed E-state index contributed by atoms with van der Waals surface area (Å²) >= 11 is 11.7. The maximum Gasteiger partial charge on any atom is 0.263 e. The summed E-state index contributed by atoms with van der Waals surface area (Å²) in [6.07, 6.45) is 0. The number of hydrogen-bond acceptors (Lipinski definition) is 5. The van der Waals surface area contributed by atoms with Crippen molar-refractivity contribution < 1.29 is 12.8 Å². The molecule has 1 heterocycles. The van der Waals surface area contributed by atoms with E-state index in [1.807, 2.05) is 0 Å². The molecule has 30 heavy (non-hydrogen) atoms. The normalized spacial score (nSPS) is 11.4. The molecule has 2 N–H and O–H groups in total. The Bertz CT molecular complexity index is 1350. The molecule has 6 nitrogen and oxygen atoms in total. The van der Waals surface area contributed by atoms with Crippen LogP contribution >= 0.6 is 23.2 Å². The van der Waals surface area contributed by atoms with E-state index in [9.17, 15) is 12.8 Å². The maximum absolute atomic E-state index is 13.5. The predicted octanol–water partition coefficient (Wildman–Crippen LogP) is 5.62. The summed E-state index contributed by atoms with van der Waals surface area (Å²) in [5, 5.41) is 3.27. The molecule has 0 aliphatic heterocycles. The summed E-state index contributed by atoms with van der Waals surface area (Å²) in [6.45, 7) is 0. The minimum Gasteiger partial charge on any atom is -0.337 e. The number of nitrogens with zero attached hydrogens (tertiary/aromatic N) is 2. The smallest absolute Gasteiger partial charge is 0.263 e. The van der Waals surface area contributed by atoms with E-state index in [1.54, 1.807) is 24.3 Å². The summed E-state index contributed by atoms with van der Waals surface area (Å²) in [5.74, 6) is -0.464. The number of rotatable bonds is 5. The van der Waals surface area contributed by atoms with E-state index in [2.05, 4.69) is 20.0 Å². The molecule has 0 saturated carbocycles. The Morgan fingerprint density at radius 2 is 1.47 bits per heavy atom. The molecule has 0 bridgehead atoms. The fourth-order valence-electron chi connectivity index (χ4n) is 2.67. The van der Waals surface area contributed by atoms with Gasteiger partial charge in [0.25, 0.3) is 10.0 Å². The van der Waals surface area contributed by atoms with Gasteiger partial charge in [0.2, 0.25) is 0 Å². The third-order valence-corrected chi connectivity index (χ3v) is 6.00. The van der Waals surface area contributed by atoms with Crippen molar-refractivity contribution in [3.63, 3.8) is 0 Å². The van der Waals surface area contributed by atoms with Gasteiger partial charge < -0.3 is 5.32 Å². The van der Waals surface area contributed by atoms with Crippen molar-refractivity contribution >= 4 is 61.6 Å². The highest BCUT2D eigenvalue weighted by molar-refractivity contribution is 7.92. The molecule has 0 unspecified atom stereocenters. The Morgan fingerprint density at radius 3 is 2.10 bits per heavy atom. The lowest BCUT2D eigenvalue weighted by Crippen LogP contribution is -2.16. The summed E-state index contributed by atoms with van der Waals surface area (Å²) in [7, 11) is -3.97. The minimum absolute atomic E-state index is 0.0117. The molecule has 4 aromatic rings. The average molecular weight is 463 g/mol. The van der Waals surface area contributed by atoms with E-state index in [1.165, 1.54) is 42.5 Å². The van der Waals surface area contributed by atoms with Crippen LogP contribution in [-0.4, -0.2) is 18.4 Å². The predicted molar refractivity (Wildman–Crippen MR) is 116 cm³/mol. The quantitative estimate of drug-likeness (QED) is 0.402. The number of nitrogens with one attached hydrogen (secondary N) is 2. The molecule has 0 atom stereocenters. The van der Waals surface area contributed by atoms with E-state index in [4.69, 9.17) is 23.2 Å². The molecule has 152 valence electrons. The Morgan fingerprint density at radius 1 is 0.833 bits per heavy atom. The van der Waals surface area contributed by atoms with Gasteiger partial charge >= 0.3 is 0 Å². The average Bonchev–Trinajstić information content (AvgIpc) is 2.71. The molecule has 0 radical (unpaired) electrons. The third kappa shape index (κ3) is 4.30. The molecule has 4 rings (SSSR count). The molecule has 0 aliphatic rings. The number of hydrogen-bond donors (Lipinski definition) is 2. The monoisotopic (exact) mass is 462 g/mol. The van der Waals surface area contributed by atoms with E-state index >= 15 is 0 Å². The van der Waals surface area contributed by atoms with Crippen LogP contribution in [0.3, 0.4) is 0 Å². The molecule has 3 aromatic carbocycles. The Kier molecular flexibility index (Phi) is 5.46. The van der Waals surface area contributed by atoms with E-state index < -0.39 is 15.8 Å². The number of para-hydroxylation sites is 2. The van der Waals surface area contributed by atoms with Crippen molar-refractivity contribution in [1.82, 2.24) is 9.97 Å². The van der Waals surface area contributed by atoms with Gasteiger partial charge in [-0.3, -0.25) is 4.72 Å². The van der Waals surface area contributed by atoms with Crippen LogP contribution in [0.4, 0.5) is 21.7 Å². The van der Waals surface area contributed by atoms with Crippen molar-refractivity contribution in [2.24, 2.45) is 0 Å². The maximum atomic E-state index is 13.5. The number of fused-ring (bicyclic) bond motifs is 1. The van der Waals surface area contributed by atoms with Crippen LogP contribution in [0.15, 0.2) is 71.6 Å². The standard InChI is InChI=1S/C20H13Cl2FN4O2S/c21-12-5-8-14(9-6-12)30(28,29)27-20-19(24-13-7-10-16(23)15(22)11-13)25-17-3-1-2-4-18(17)26-20/h1-11H,(H,24,25)(H,26,27). The first-order valence-electron chi connectivity index (χ1n) is 8.59. The molecular formula is C20H13Cl2FN4O2S. The molecular weight excluding hydrogens is 450 g/mol. The van der Waals surface area contributed by atoms with Crippen molar-refractivity contribution in [1.29, 1.82) is 0 Å². The Balaban J connectivity index is 1.78. The van der Waals surface area contributed by atoms with Gasteiger partial charge in [0.05, 0.1) is 21.0 Å². The van der Waals surface area contributed by atoms with Crippen LogP contribution in [0.2, 0.25) is 10.0 Å². The molecule has 1 aromatic heterocycles. The zero-order chi connectivity index (χ0) is 21.3. The largest absolute Gasteiger partial charge is 0.337 e. The van der Waals surface area contributed by atoms with Crippen molar-refractivity contribution in [2.75, 3.05) is 10.0 Å². The number of aromatic nitrogens is 2. The lowest BCUT2D eigenvalue weighted by Gasteiger charge is -2.14. The van der Waals surface area contributed by atoms with Gasteiger partial charge in [0, 0.05) is 10.7 Å². The van der Waals surface area contributed by atoms with Crippen LogP contribution in [-0.2, 0) is 10.0 Å². The van der Waals surface area contributed by atoms with Gasteiger partial charge in [-0.15, -0.1) is 0 Å². The second-order valence-electron chi connectivity index (χ2n) is 6.22. The topological polar surface area (TPSA) is 84.0 Å².